The molecule has 0 aliphatic carbocycles. The maximum Gasteiger partial charge on any atom is 0.304 e. The van der Waals surface area contributed by atoms with Gasteiger partial charge in [-0.15, -0.1) is 0 Å². The van der Waals surface area contributed by atoms with Crippen LogP contribution in [-0.2, 0) is 14.6 Å². The molecule has 0 fully saturated rings. The van der Waals surface area contributed by atoms with Crippen LogP contribution in [0.2, 0.25) is 0 Å². The predicted molar refractivity (Wildman–Crippen MR) is 96.8 cm³/mol. The molecule has 0 aromatic heterocycles. The number of hydrogen-bond acceptors (Lipinski definition) is 5. The standard InChI is InChI=1S/C17H17NO5S2/c1-12-2-6-14(7-3-12)25(22,23)15-8-4-13(5-9-15)18-17(21)24-11-10-16(19)20/h2-9H,10-11H2,1H3,(H,18,21)(H,19,20). The van der Waals surface area contributed by atoms with Gasteiger partial charge < -0.3 is 10.4 Å². The summed E-state index contributed by atoms with van der Waals surface area (Å²) in [5.41, 5.74) is 1.41. The van der Waals surface area contributed by atoms with Crippen molar-refractivity contribution in [3.63, 3.8) is 0 Å². The fourth-order valence-corrected chi connectivity index (χ4v) is 3.87. The molecule has 0 spiro atoms. The molecule has 2 rings (SSSR count). The number of amides is 1. The number of carboxylic acid groups (broad SMARTS) is 1. The van der Waals surface area contributed by atoms with Crippen molar-refractivity contribution in [2.24, 2.45) is 0 Å². The molecule has 132 valence electrons. The van der Waals surface area contributed by atoms with Crippen LogP contribution in [0.15, 0.2) is 58.3 Å². The van der Waals surface area contributed by atoms with Gasteiger partial charge in [0.15, 0.2) is 0 Å². The third-order valence-corrected chi connectivity index (χ3v) is 5.85. The Bertz CT molecular complexity index is 859. The van der Waals surface area contributed by atoms with Gasteiger partial charge in [-0.3, -0.25) is 9.59 Å². The fourth-order valence-electron chi connectivity index (χ4n) is 1.96. The molecular formula is C17H17NO5S2. The first kappa shape index (κ1) is 19.0. The lowest BCUT2D eigenvalue weighted by atomic mass is 10.2. The minimum Gasteiger partial charge on any atom is -0.481 e. The van der Waals surface area contributed by atoms with Crippen molar-refractivity contribution in [2.75, 3.05) is 11.1 Å². The highest BCUT2D eigenvalue weighted by atomic mass is 32.2. The second-order valence-electron chi connectivity index (χ2n) is 5.25. The number of sulfone groups is 1. The second kappa shape index (κ2) is 8.17. The van der Waals surface area contributed by atoms with Crippen LogP contribution in [0.1, 0.15) is 12.0 Å². The first-order chi connectivity index (χ1) is 11.8. The Labute approximate surface area is 150 Å². The van der Waals surface area contributed by atoms with Gasteiger partial charge in [0.05, 0.1) is 16.2 Å². The molecule has 0 aliphatic rings. The quantitative estimate of drug-likeness (QED) is 0.796. The number of rotatable bonds is 6. The van der Waals surface area contributed by atoms with Gasteiger partial charge in [-0.25, -0.2) is 8.42 Å². The lowest BCUT2D eigenvalue weighted by Crippen LogP contribution is -2.08. The average molecular weight is 379 g/mol. The number of aliphatic carboxylic acids is 1. The van der Waals surface area contributed by atoms with Crippen LogP contribution in [0, 0.1) is 6.92 Å². The zero-order valence-corrected chi connectivity index (χ0v) is 15.1. The Morgan fingerprint density at radius 2 is 1.52 bits per heavy atom. The van der Waals surface area contributed by atoms with Gasteiger partial charge in [-0.05, 0) is 43.3 Å². The van der Waals surface area contributed by atoms with Crippen LogP contribution in [-0.4, -0.2) is 30.5 Å². The van der Waals surface area contributed by atoms with Gasteiger partial charge in [0.25, 0.3) is 5.24 Å². The molecular weight excluding hydrogens is 362 g/mol. The van der Waals surface area contributed by atoms with E-state index in [1.54, 1.807) is 24.3 Å². The first-order valence-electron chi connectivity index (χ1n) is 7.36. The van der Waals surface area contributed by atoms with E-state index in [4.69, 9.17) is 5.11 Å². The highest BCUT2D eigenvalue weighted by Gasteiger charge is 2.17. The van der Waals surface area contributed by atoms with Gasteiger partial charge in [0.2, 0.25) is 9.84 Å². The van der Waals surface area contributed by atoms with Crippen molar-refractivity contribution < 1.29 is 23.1 Å². The molecule has 0 atom stereocenters. The van der Waals surface area contributed by atoms with Crippen LogP contribution in [0.5, 0.6) is 0 Å². The van der Waals surface area contributed by atoms with Crippen LogP contribution in [0.25, 0.3) is 0 Å². The molecule has 0 saturated carbocycles. The van der Waals surface area contributed by atoms with Crippen molar-refractivity contribution in [1.29, 1.82) is 0 Å². The number of hydrogen-bond donors (Lipinski definition) is 2. The van der Waals surface area contributed by atoms with E-state index in [0.29, 0.717) is 5.69 Å². The minimum atomic E-state index is -3.61. The van der Waals surface area contributed by atoms with E-state index in [-0.39, 0.29) is 22.0 Å². The smallest absolute Gasteiger partial charge is 0.304 e. The summed E-state index contributed by atoms with van der Waals surface area (Å²) in [7, 11) is -3.61. The molecule has 0 unspecified atom stereocenters. The Morgan fingerprint density at radius 1 is 1.00 bits per heavy atom. The van der Waals surface area contributed by atoms with Crippen molar-refractivity contribution in [1.82, 2.24) is 0 Å². The van der Waals surface area contributed by atoms with E-state index in [1.807, 2.05) is 6.92 Å². The van der Waals surface area contributed by atoms with E-state index in [9.17, 15) is 18.0 Å². The average Bonchev–Trinajstić information content (AvgIpc) is 2.55. The number of carbonyl (C=O) groups excluding carboxylic acids is 1. The van der Waals surface area contributed by atoms with Crippen LogP contribution >= 0.6 is 11.8 Å². The molecule has 0 aliphatic heterocycles. The molecule has 2 N–H and O–H groups in total. The summed E-state index contributed by atoms with van der Waals surface area (Å²) < 4.78 is 25.1. The van der Waals surface area contributed by atoms with Gasteiger partial charge in [0.1, 0.15) is 0 Å². The Kier molecular flexibility index (Phi) is 6.22. The molecule has 0 saturated heterocycles. The number of benzene rings is 2. The third kappa shape index (κ3) is 5.33. The van der Waals surface area contributed by atoms with Gasteiger partial charge in [0, 0.05) is 11.4 Å². The van der Waals surface area contributed by atoms with E-state index in [0.717, 1.165) is 17.3 Å². The lowest BCUT2D eigenvalue weighted by molar-refractivity contribution is -0.136. The van der Waals surface area contributed by atoms with Crippen molar-refractivity contribution >= 4 is 38.5 Å². The van der Waals surface area contributed by atoms with Gasteiger partial charge in [-0.2, -0.15) is 0 Å². The van der Waals surface area contributed by atoms with Gasteiger partial charge in [-0.1, -0.05) is 29.5 Å². The normalized spacial score (nSPS) is 11.1. The topological polar surface area (TPSA) is 101 Å². The van der Waals surface area contributed by atoms with E-state index < -0.39 is 21.0 Å². The molecule has 8 heteroatoms. The van der Waals surface area contributed by atoms with Crippen LogP contribution < -0.4 is 5.32 Å². The minimum absolute atomic E-state index is 0.105. The maximum absolute atomic E-state index is 12.5. The number of anilines is 1. The van der Waals surface area contributed by atoms with Crippen LogP contribution in [0.4, 0.5) is 10.5 Å². The summed E-state index contributed by atoms with van der Waals surface area (Å²) in [6, 6.07) is 12.4. The zero-order valence-electron chi connectivity index (χ0n) is 13.4. The molecule has 2 aromatic rings. The Balaban J connectivity index is 2.05. The number of carbonyl (C=O) groups is 2. The summed E-state index contributed by atoms with van der Waals surface area (Å²) in [6.45, 7) is 1.88. The Morgan fingerprint density at radius 3 is 2.04 bits per heavy atom. The number of carboxylic acids is 1. The van der Waals surface area contributed by atoms with E-state index in [1.165, 1.54) is 24.3 Å². The third-order valence-electron chi connectivity index (χ3n) is 3.29. The maximum atomic E-state index is 12.5. The molecule has 2 aromatic carbocycles. The number of thioether (sulfide) groups is 1. The summed E-state index contributed by atoms with van der Waals surface area (Å²) in [5.74, 6) is -0.799. The monoisotopic (exact) mass is 379 g/mol. The van der Waals surface area contributed by atoms with E-state index in [2.05, 4.69) is 5.32 Å². The highest BCUT2D eigenvalue weighted by molar-refractivity contribution is 8.13. The fraction of sp³-hybridized carbons (Fsp3) is 0.176. The first-order valence-corrected chi connectivity index (χ1v) is 9.83. The predicted octanol–water partition coefficient (Wildman–Crippen LogP) is 3.57. The molecule has 1 amide bonds. The summed E-state index contributed by atoms with van der Waals surface area (Å²) >= 11 is 0.858. The zero-order chi connectivity index (χ0) is 18.4. The molecule has 0 heterocycles. The lowest BCUT2D eigenvalue weighted by Gasteiger charge is -2.07. The molecule has 0 bridgehead atoms. The largest absolute Gasteiger partial charge is 0.481 e. The van der Waals surface area contributed by atoms with Gasteiger partial charge >= 0.3 is 5.97 Å². The van der Waals surface area contributed by atoms with Crippen molar-refractivity contribution in [3.05, 3.63) is 54.1 Å². The Hall–Kier alpha value is -2.32. The van der Waals surface area contributed by atoms with E-state index >= 15 is 0 Å². The molecule has 25 heavy (non-hydrogen) atoms. The van der Waals surface area contributed by atoms with Crippen molar-refractivity contribution in [2.45, 2.75) is 23.1 Å². The number of nitrogens with one attached hydrogen (secondary N) is 1. The molecule has 6 nitrogen and oxygen atoms in total. The summed E-state index contributed by atoms with van der Waals surface area (Å²) in [6.07, 6.45) is -0.105. The van der Waals surface area contributed by atoms with Crippen LogP contribution in [0.3, 0.4) is 0 Å². The summed E-state index contributed by atoms with van der Waals surface area (Å²) in [5, 5.41) is 10.7. The van der Waals surface area contributed by atoms with Crippen molar-refractivity contribution in [3.8, 4) is 0 Å². The molecule has 0 radical (unpaired) electrons. The highest BCUT2D eigenvalue weighted by Crippen LogP contribution is 2.23. The second-order valence-corrected chi connectivity index (χ2v) is 8.26. The number of aryl methyl sites for hydroxylation is 1. The summed E-state index contributed by atoms with van der Waals surface area (Å²) in [4.78, 5) is 22.4. The SMILES string of the molecule is Cc1ccc(S(=O)(=O)c2ccc(NC(=O)SCCC(=O)O)cc2)cc1.